The van der Waals surface area contributed by atoms with Gasteiger partial charge < -0.3 is 45.3 Å². The van der Waals surface area contributed by atoms with E-state index in [0.717, 1.165) is 0 Å². The molecule has 0 aliphatic carbocycles. The van der Waals surface area contributed by atoms with Crippen molar-refractivity contribution >= 4 is 35.4 Å². The molecule has 3 heterocycles. The zero-order valence-corrected chi connectivity index (χ0v) is 32.0. The van der Waals surface area contributed by atoms with Gasteiger partial charge in [-0.15, -0.1) is 0 Å². The van der Waals surface area contributed by atoms with Gasteiger partial charge in [0, 0.05) is 33.4 Å². The summed E-state index contributed by atoms with van der Waals surface area (Å²) < 4.78 is 16.9. The number of hydrogen-bond acceptors (Lipinski definition) is 9. The molecule has 1 fully saturated rings. The molecule has 0 spiro atoms. The van der Waals surface area contributed by atoms with Gasteiger partial charge in [-0.25, -0.2) is 0 Å². The second-order valence-corrected chi connectivity index (χ2v) is 13.9. The number of fused-ring (bicyclic) bond motifs is 2. The van der Waals surface area contributed by atoms with Crippen molar-refractivity contribution in [2.24, 2.45) is 0 Å². The third kappa shape index (κ3) is 9.52. The van der Waals surface area contributed by atoms with Crippen molar-refractivity contribution in [3.8, 4) is 23.0 Å². The maximum atomic E-state index is 14.3. The fraction of sp³-hybridized carbons (Fsp3) is 0.400. The van der Waals surface area contributed by atoms with Crippen molar-refractivity contribution < 1.29 is 43.0 Å². The molecule has 3 aliphatic rings. The monoisotopic (exact) mass is 756 g/mol. The first-order valence-electron chi connectivity index (χ1n) is 18.0. The van der Waals surface area contributed by atoms with Crippen molar-refractivity contribution in [1.29, 1.82) is 0 Å². The SMILES string of the molecule is COc1ccc(CC2C(=O)N[C@@H](C)C(=O)N(C)[C@H]3Cc4ccc(cc4)Oc4cc(ccc4OC)C[C@H](NC3=O)C(=O)NC(C)C(=O)N[C@@H](C)C(=O)N2C)cc1. The topological polar surface area (TPSA) is 185 Å². The number of carbonyl (C=O) groups excluding carboxylic acids is 6. The minimum atomic E-state index is -1.21. The third-order valence-corrected chi connectivity index (χ3v) is 9.92. The van der Waals surface area contributed by atoms with Gasteiger partial charge in [0.05, 0.1) is 14.2 Å². The minimum Gasteiger partial charge on any atom is -0.497 e. The van der Waals surface area contributed by atoms with E-state index in [1.807, 2.05) is 0 Å². The Morgan fingerprint density at radius 2 is 1.24 bits per heavy atom. The summed E-state index contributed by atoms with van der Waals surface area (Å²) in [6.07, 6.45) is 0.103. The van der Waals surface area contributed by atoms with Crippen molar-refractivity contribution in [2.45, 2.75) is 76.3 Å². The first kappa shape index (κ1) is 40.1. The van der Waals surface area contributed by atoms with Gasteiger partial charge in [-0.3, -0.25) is 28.8 Å². The zero-order chi connectivity index (χ0) is 40.0. The molecule has 15 nitrogen and oxygen atoms in total. The van der Waals surface area contributed by atoms with Crippen molar-refractivity contribution in [2.75, 3.05) is 28.3 Å². The molecule has 3 aromatic rings. The van der Waals surface area contributed by atoms with E-state index < -0.39 is 71.7 Å². The van der Waals surface area contributed by atoms with E-state index in [1.165, 1.54) is 58.9 Å². The Hall–Kier alpha value is -6.12. The third-order valence-electron chi connectivity index (χ3n) is 9.92. The molecule has 6 amide bonds. The van der Waals surface area contributed by atoms with Gasteiger partial charge in [0.2, 0.25) is 35.4 Å². The summed E-state index contributed by atoms with van der Waals surface area (Å²) in [6.45, 7) is 4.43. The maximum Gasteiger partial charge on any atom is 0.245 e. The quantitative estimate of drug-likeness (QED) is 0.307. The highest BCUT2D eigenvalue weighted by Gasteiger charge is 2.37. The number of carbonyl (C=O) groups is 6. The normalized spacial score (nSPS) is 24.3. The molecule has 2 unspecified atom stereocenters. The fourth-order valence-corrected chi connectivity index (χ4v) is 6.55. The van der Waals surface area contributed by atoms with Gasteiger partial charge in [0.15, 0.2) is 11.5 Å². The average Bonchev–Trinajstić information content (AvgIpc) is 3.17. The summed E-state index contributed by atoms with van der Waals surface area (Å²) in [5.74, 6) is -1.80. The summed E-state index contributed by atoms with van der Waals surface area (Å²) in [4.78, 5) is 85.9. The van der Waals surface area contributed by atoms with Crippen molar-refractivity contribution in [3.05, 3.63) is 83.4 Å². The number of amides is 6. The molecule has 0 aromatic heterocycles. The Morgan fingerprint density at radius 3 is 1.87 bits per heavy atom. The molecular weight excluding hydrogens is 708 g/mol. The van der Waals surface area contributed by atoms with Gasteiger partial charge in [-0.05, 0) is 73.9 Å². The largest absolute Gasteiger partial charge is 0.497 e. The van der Waals surface area contributed by atoms with Crippen LogP contribution in [-0.4, -0.2) is 110 Å². The van der Waals surface area contributed by atoms with Crippen LogP contribution < -0.4 is 35.5 Å². The molecule has 3 aromatic carbocycles. The van der Waals surface area contributed by atoms with Crippen LogP contribution in [0, 0.1) is 0 Å². The van der Waals surface area contributed by atoms with E-state index in [2.05, 4.69) is 21.3 Å². The number of nitrogens with zero attached hydrogens (tertiary/aromatic N) is 2. The first-order chi connectivity index (χ1) is 26.2. The number of hydrogen-bond donors (Lipinski definition) is 4. The molecule has 1 saturated heterocycles. The summed E-state index contributed by atoms with van der Waals surface area (Å²) in [5.41, 5.74) is 2.00. The van der Waals surface area contributed by atoms with Crippen LogP contribution in [-0.2, 0) is 48.0 Å². The van der Waals surface area contributed by atoms with E-state index >= 15 is 0 Å². The Labute approximate surface area is 320 Å². The van der Waals surface area contributed by atoms with Crippen LogP contribution >= 0.6 is 0 Å². The Bertz CT molecular complexity index is 1920. The lowest BCUT2D eigenvalue weighted by molar-refractivity contribution is -0.145. The average molecular weight is 757 g/mol. The fourth-order valence-electron chi connectivity index (χ4n) is 6.55. The number of methoxy groups -OCH3 is 2. The summed E-state index contributed by atoms with van der Waals surface area (Å²) in [7, 11) is 5.94. The molecule has 6 atom stereocenters. The van der Waals surface area contributed by atoms with Crippen LogP contribution in [0.15, 0.2) is 66.7 Å². The van der Waals surface area contributed by atoms with E-state index in [1.54, 1.807) is 66.7 Å². The van der Waals surface area contributed by atoms with Gasteiger partial charge in [0.1, 0.15) is 47.8 Å². The molecule has 55 heavy (non-hydrogen) atoms. The lowest BCUT2D eigenvalue weighted by Crippen LogP contribution is -2.61. The zero-order valence-electron chi connectivity index (χ0n) is 32.0. The molecule has 3 aliphatic heterocycles. The summed E-state index contributed by atoms with van der Waals surface area (Å²) >= 11 is 0. The highest BCUT2D eigenvalue weighted by Crippen LogP contribution is 2.33. The standard InChI is InChI=1S/C40H48N6O9/c1-22-35(47)42-23(2)39(51)45(4)31(19-25-8-13-28(53-6)14-9-25)37(49)43-24(3)40(52)46(5)32-20-26-10-15-29(16-11-26)55-34-21-27(12-17-33(34)54-7)18-30(36(48)41-22)44-38(32)50/h8-17,21-24,30-32H,18-20H2,1-7H3,(H,41,48)(H,42,47)(H,43,49)(H,44,50)/t22?,23-,24-,30-,31?,32-/m0/s1. The lowest BCUT2D eigenvalue weighted by Gasteiger charge is -2.34. The second-order valence-electron chi connectivity index (χ2n) is 13.9. The Morgan fingerprint density at radius 1 is 0.636 bits per heavy atom. The predicted molar refractivity (Wildman–Crippen MR) is 201 cm³/mol. The van der Waals surface area contributed by atoms with Crippen LogP contribution in [0.4, 0.5) is 0 Å². The van der Waals surface area contributed by atoms with Gasteiger partial charge >= 0.3 is 0 Å². The number of rotatable bonds is 4. The molecule has 4 N–H and O–H groups in total. The van der Waals surface area contributed by atoms with Crippen LogP contribution in [0.2, 0.25) is 0 Å². The number of benzene rings is 3. The van der Waals surface area contributed by atoms with E-state index in [0.29, 0.717) is 39.7 Å². The molecule has 6 rings (SSSR count). The first-order valence-corrected chi connectivity index (χ1v) is 18.0. The number of ether oxygens (including phenoxy) is 3. The molecule has 15 heteroatoms. The van der Waals surface area contributed by atoms with Gasteiger partial charge in [-0.2, -0.15) is 0 Å². The van der Waals surface area contributed by atoms with Crippen LogP contribution in [0.5, 0.6) is 23.0 Å². The lowest BCUT2D eigenvalue weighted by atomic mass is 10.00. The Balaban J connectivity index is 1.55. The predicted octanol–water partition coefficient (Wildman–Crippen LogP) is 1.50. The second kappa shape index (κ2) is 17.3. The van der Waals surface area contributed by atoms with Crippen molar-refractivity contribution in [1.82, 2.24) is 31.1 Å². The van der Waals surface area contributed by atoms with Crippen LogP contribution in [0.25, 0.3) is 0 Å². The van der Waals surface area contributed by atoms with E-state index in [4.69, 9.17) is 14.2 Å². The smallest absolute Gasteiger partial charge is 0.245 e. The van der Waals surface area contributed by atoms with Gasteiger partial charge in [0.25, 0.3) is 0 Å². The van der Waals surface area contributed by atoms with E-state index in [-0.39, 0.29) is 19.3 Å². The molecule has 6 bridgehead atoms. The van der Waals surface area contributed by atoms with Crippen molar-refractivity contribution in [3.63, 3.8) is 0 Å². The molecular formula is C40H48N6O9. The van der Waals surface area contributed by atoms with Crippen LogP contribution in [0.3, 0.4) is 0 Å². The Kier molecular flexibility index (Phi) is 12.6. The molecule has 0 radical (unpaired) electrons. The minimum absolute atomic E-state index is 0.0179. The number of likely N-dealkylation sites (N-methyl/N-ethyl adjacent to an activating group) is 2. The van der Waals surface area contributed by atoms with E-state index in [9.17, 15) is 28.8 Å². The highest BCUT2D eigenvalue weighted by molar-refractivity contribution is 5.98. The maximum absolute atomic E-state index is 14.3. The summed E-state index contributed by atoms with van der Waals surface area (Å²) in [5, 5.41) is 10.9. The molecule has 0 saturated carbocycles. The molecule has 292 valence electrons. The highest BCUT2D eigenvalue weighted by atomic mass is 16.5. The van der Waals surface area contributed by atoms with Crippen LogP contribution in [0.1, 0.15) is 37.5 Å². The number of nitrogens with one attached hydrogen (secondary N) is 4. The summed E-state index contributed by atoms with van der Waals surface area (Å²) in [6, 6.07) is 12.3. The van der Waals surface area contributed by atoms with Gasteiger partial charge in [-0.1, -0.05) is 30.3 Å².